The van der Waals surface area contributed by atoms with E-state index in [1.54, 1.807) is 12.1 Å². The number of hydrogen-bond donors (Lipinski definition) is 2. The van der Waals surface area contributed by atoms with Crippen molar-refractivity contribution in [1.29, 1.82) is 0 Å². The molecule has 0 aliphatic rings. The van der Waals surface area contributed by atoms with Crippen LogP contribution in [0.3, 0.4) is 0 Å². The quantitative estimate of drug-likeness (QED) is 0.848. The molecule has 0 bridgehead atoms. The third-order valence-electron chi connectivity index (χ3n) is 3.75. The molecule has 0 saturated heterocycles. The van der Waals surface area contributed by atoms with Gasteiger partial charge < -0.3 is 10.4 Å². The Kier molecular flexibility index (Phi) is 5.48. The molecule has 2 nitrogen and oxygen atoms in total. The van der Waals surface area contributed by atoms with E-state index in [4.69, 9.17) is 0 Å². The highest BCUT2D eigenvalue weighted by atomic mass is 19.1. The summed E-state index contributed by atoms with van der Waals surface area (Å²) in [4.78, 5) is 0. The van der Waals surface area contributed by atoms with Gasteiger partial charge in [0.2, 0.25) is 0 Å². The van der Waals surface area contributed by atoms with E-state index < -0.39 is 6.10 Å². The van der Waals surface area contributed by atoms with Crippen LogP contribution in [0.5, 0.6) is 0 Å². The van der Waals surface area contributed by atoms with Crippen molar-refractivity contribution in [2.45, 2.75) is 39.0 Å². The molecule has 112 valence electrons. The average molecular weight is 287 g/mol. The molecule has 2 aromatic rings. The van der Waals surface area contributed by atoms with Gasteiger partial charge in [0.25, 0.3) is 0 Å². The van der Waals surface area contributed by atoms with Crippen molar-refractivity contribution >= 4 is 0 Å². The molecule has 0 amide bonds. The second kappa shape index (κ2) is 7.34. The minimum absolute atomic E-state index is 0.104. The van der Waals surface area contributed by atoms with Crippen molar-refractivity contribution in [3.63, 3.8) is 0 Å². The number of nitrogens with one attached hydrogen (secondary N) is 1. The van der Waals surface area contributed by atoms with Gasteiger partial charge in [-0.05, 0) is 25.0 Å². The lowest BCUT2D eigenvalue weighted by Crippen LogP contribution is -2.34. The van der Waals surface area contributed by atoms with E-state index in [1.165, 1.54) is 11.6 Å². The molecule has 0 fully saturated rings. The van der Waals surface area contributed by atoms with Gasteiger partial charge in [0.05, 0.1) is 6.10 Å². The van der Waals surface area contributed by atoms with E-state index in [0.29, 0.717) is 12.1 Å². The van der Waals surface area contributed by atoms with Crippen molar-refractivity contribution < 1.29 is 9.50 Å². The molecule has 0 aromatic heterocycles. The first-order valence-electron chi connectivity index (χ1n) is 7.33. The third-order valence-corrected chi connectivity index (χ3v) is 3.75. The first-order chi connectivity index (χ1) is 10.1. The Hall–Kier alpha value is -1.71. The Morgan fingerprint density at radius 2 is 1.76 bits per heavy atom. The van der Waals surface area contributed by atoms with Gasteiger partial charge in [-0.25, -0.2) is 4.39 Å². The SMILES string of the molecule is CCC(NCc1ccccc1F)C(O)c1ccc(C)cc1. The number of aryl methyl sites for hydroxylation is 1. The monoisotopic (exact) mass is 287 g/mol. The normalized spacial score (nSPS) is 13.9. The second-order valence-electron chi connectivity index (χ2n) is 5.34. The highest BCUT2D eigenvalue weighted by molar-refractivity contribution is 5.24. The zero-order chi connectivity index (χ0) is 15.2. The summed E-state index contributed by atoms with van der Waals surface area (Å²) in [6.45, 7) is 4.44. The van der Waals surface area contributed by atoms with Crippen LogP contribution < -0.4 is 5.32 Å². The minimum atomic E-state index is -0.595. The third kappa shape index (κ3) is 4.13. The molecule has 2 atom stereocenters. The molecule has 0 heterocycles. The Labute approximate surface area is 125 Å². The van der Waals surface area contributed by atoms with Crippen LogP contribution in [-0.2, 0) is 6.54 Å². The van der Waals surface area contributed by atoms with Crippen molar-refractivity contribution in [3.8, 4) is 0 Å². The number of hydrogen-bond acceptors (Lipinski definition) is 2. The Morgan fingerprint density at radius 1 is 1.10 bits per heavy atom. The largest absolute Gasteiger partial charge is 0.387 e. The van der Waals surface area contributed by atoms with Crippen LogP contribution in [0, 0.1) is 12.7 Å². The Balaban J connectivity index is 2.02. The Morgan fingerprint density at radius 3 is 2.38 bits per heavy atom. The predicted molar refractivity (Wildman–Crippen MR) is 83.5 cm³/mol. The summed E-state index contributed by atoms with van der Waals surface area (Å²) < 4.78 is 13.6. The zero-order valence-corrected chi connectivity index (χ0v) is 12.5. The molecule has 3 heteroatoms. The average Bonchev–Trinajstić information content (AvgIpc) is 2.50. The highest BCUT2D eigenvalue weighted by Gasteiger charge is 2.19. The molecular formula is C18H22FNO. The second-order valence-corrected chi connectivity index (χ2v) is 5.34. The molecular weight excluding hydrogens is 265 g/mol. The lowest BCUT2D eigenvalue weighted by Gasteiger charge is -2.23. The molecule has 0 radical (unpaired) electrons. The van der Waals surface area contributed by atoms with Gasteiger partial charge in [-0.15, -0.1) is 0 Å². The van der Waals surface area contributed by atoms with Crippen molar-refractivity contribution in [1.82, 2.24) is 5.32 Å². The van der Waals surface area contributed by atoms with Gasteiger partial charge in [0, 0.05) is 18.2 Å². The highest BCUT2D eigenvalue weighted by Crippen LogP contribution is 2.20. The summed E-state index contributed by atoms with van der Waals surface area (Å²) in [5.41, 5.74) is 2.67. The minimum Gasteiger partial charge on any atom is -0.387 e. The molecule has 21 heavy (non-hydrogen) atoms. The van der Waals surface area contributed by atoms with Crippen LogP contribution in [0.25, 0.3) is 0 Å². The summed E-state index contributed by atoms with van der Waals surface area (Å²) in [5.74, 6) is -0.218. The molecule has 0 saturated carbocycles. The number of aliphatic hydroxyl groups is 1. The Bertz CT molecular complexity index is 568. The van der Waals surface area contributed by atoms with Crippen molar-refractivity contribution in [2.24, 2.45) is 0 Å². The maximum absolute atomic E-state index is 13.6. The van der Waals surface area contributed by atoms with Gasteiger partial charge in [-0.3, -0.25) is 0 Å². The smallest absolute Gasteiger partial charge is 0.127 e. The summed E-state index contributed by atoms with van der Waals surface area (Å²) in [7, 11) is 0. The summed E-state index contributed by atoms with van der Waals surface area (Å²) in [6.07, 6.45) is 0.172. The van der Waals surface area contributed by atoms with E-state index in [1.807, 2.05) is 44.2 Å². The summed E-state index contributed by atoms with van der Waals surface area (Å²) >= 11 is 0. The molecule has 2 rings (SSSR count). The van der Waals surface area contributed by atoms with Gasteiger partial charge >= 0.3 is 0 Å². The maximum atomic E-state index is 13.6. The number of rotatable bonds is 6. The van der Waals surface area contributed by atoms with Gasteiger partial charge in [0.15, 0.2) is 0 Å². The molecule has 0 aliphatic carbocycles. The number of halogens is 1. The van der Waals surface area contributed by atoms with Gasteiger partial charge in [0.1, 0.15) is 5.82 Å². The van der Waals surface area contributed by atoms with E-state index in [9.17, 15) is 9.50 Å². The fourth-order valence-corrected chi connectivity index (χ4v) is 2.36. The van der Waals surface area contributed by atoms with E-state index >= 15 is 0 Å². The fraction of sp³-hybridized carbons (Fsp3) is 0.333. The first kappa shape index (κ1) is 15.7. The fourth-order valence-electron chi connectivity index (χ4n) is 2.36. The lowest BCUT2D eigenvalue weighted by atomic mass is 9.99. The number of aliphatic hydroxyl groups excluding tert-OH is 1. The molecule has 0 spiro atoms. The molecule has 2 aromatic carbocycles. The van der Waals surface area contributed by atoms with Crippen LogP contribution in [0.1, 0.15) is 36.1 Å². The van der Waals surface area contributed by atoms with Gasteiger partial charge in [-0.2, -0.15) is 0 Å². The number of benzene rings is 2. The van der Waals surface area contributed by atoms with Crippen LogP contribution in [-0.4, -0.2) is 11.1 Å². The maximum Gasteiger partial charge on any atom is 0.127 e. The molecule has 2 N–H and O–H groups in total. The van der Waals surface area contributed by atoms with Crippen LogP contribution in [0.2, 0.25) is 0 Å². The van der Waals surface area contributed by atoms with Crippen molar-refractivity contribution in [3.05, 3.63) is 71.0 Å². The van der Waals surface area contributed by atoms with Crippen LogP contribution in [0.4, 0.5) is 4.39 Å². The first-order valence-corrected chi connectivity index (χ1v) is 7.33. The lowest BCUT2D eigenvalue weighted by molar-refractivity contribution is 0.125. The summed E-state index contributed by atoms with van der Waals surface area (Å²) in [5, 5.41) is 13.7. The van der Waals surface area contributed by atoms with Crippen LogP contribution in [0.15, 0.2) is 48.5 Å². The van der Waals surface area contributed by atoms with Crippen LogP contribution >= 0.6 is 0 Å². The molecule has 0 aliphatic heterocycles. The summed E-state index contributed by atoms with van der Waals surface area (Å²) in [6, 6.07) is 14.5. The van der Waals surface area contributed by atoms with E-state index in [0.717, 1.165) is 12.0 Å². The van der Waals surface area contributed by atoms with E-state index in [-0.39, 0.29) is 11.9 Å². The zero-order valence-electron chi connectivity index (χ0n) is 12.5. The predicted octanol–water partition coefficient (Wildman–Crippen LogP) is 3.74. The topological polar surface area (TPSA) is 32.3 Å². The van der Waals surface area contributed by atoms with E-state index in [2.05, 4.69) is 5.32 Å². The van der Waals surface area contributed by atoms with Gasteiger partial charge in [-0.1, -0.05) is 55.0 Å². The standard InChI is InChI=1S/C18H22FNO/c1-3-17(18(21)14-10-8-13(2)9-11-14)20-12-15-6-4-5-7-16(15)19/h4-11,17-18,20-21H,3,12H2,1-2H3. The van der Waals surface area contributed by atoms with Crippen molar-refractivity contribution in [2.75, 3.05) is 0 Å². The molecule has 2 unspecified atom stereocenters.